The number of aryl methyl sites for hydroxylation is 1. The van der Waals surface area contributed by atoms with E-state index in [1.165, 1.54) is 0 Å². The molecule has 1 N–H and O–H groups in total. The Kier molecular flexibility index (Phi) is 5.08. The van der Waals surface area contributed by atoms with Gasteiger partial charge in [-0.25, -0.2) is 4.79 Å². The Morgan fingerprint density at radius 2 is 2.09 bits per heavy atom. The normalized spacial score (nSPS) is 11.0. The molecule has 6 heteroatoms. The van der Waals surface area contributed by atoms with Crippen LogP contribution in [0.5, 0.6) is 0 Å². The van der Waals surface area contributed by atoms with Gasteiger partial charge in [0.2, 0.25) is 5.76 Å². The van der Waals surface area contributed by atoms with Crippen molar-refractivity contribution >= 4 is 34.4 Å². The van der Waals surface area contributed by atoms with Crippen LogP contribution in [0, 0.1) is 12.8 Å². The van der Waals surface area contributed by atoms with Gasteiger partial charge in [0.25, 0.3) is 5.91 Å². The molecular weight excluding hydrogens is 306 g/mol. The Morgan fingerprint density at radius 3 is 2.73 bits per heavy atom. The number of hydrogen-bond donors (Lipinski definition) is 1. The largest absolute Gasteiger partial charge is 0.450 e. The maximum Gasteiger partial charge on any atom is 0.375 e. The smallest absolute Gasteiger partial charge is 0.375 e. The molecule has 0 bridgehead atoms. The van der Waals surface area contributed by atoms with Crippen LogP contribution in [0.2, 0.25) is 5.02 Å². The minimum absolute atomic E-state index is 0.0692. The Labute approximate surface area is 133 Å². The fraction of sp³-hybridized carbons (Fsp3) is 0.375. The van der Waals surface area contributed by atoms with Gasteiger partial charge in [-0.1, -0.05) is 37.6 Å². The molecule has 0 spiro atoms. The molecule has 1 aromatic heterocycles. The van der Waals surface area contributed by atoms with Crippen LogP contribution in [0.1, 0.15) is 30.0 Å². The average Bonchev–Trinajstić information content (AvgIpc) is 2.81. The van der Waals surface area contributed by atoms with Crippen LogP contribution < -0.4 is 5.32 Å². The van der Waals surface area contributed by atoms with Gasteiger partial charge >= 0.3 is 5.97 Å². The fourth-order valence-corrected chi connectivity index (χ4v) is 2.18. The number of furan rings is 1. The minimum atomic E-state index is -0.676. The molecule has 0 aliphatic rings. The van der Waals surface area contributed by atoms with Crippen molar-refractivity contribution < 1.29 is 18.7 Å². The van der Waals surface area contributed by atoms with Crippen molar-refractivity contribution in [2.45, 2.75) is 20.8 Å². The van der Waals surface area contributed by atoms with Crippen molar-refractivity contribution in [3.63, 3.8) is 0 Å². The number of ether oxygens (including phenoxy) is 1. The third kappa shape index (κ3) is 3.60. The zero-order chi connectivity index (χ0) is 16.3. The number of nitrogens with one attached hydrogen (secondary N) is 1. The van der Waals surface area contributed by atoms with E-state index in [0.717, 1.165) is 5.39 Å². The van der Waals surface area contributed by atoms with Gasteiger partial charge in [0, 0.05) is 17.5 Å². The Morgan fingerprint density at radius 1 is 1.36 bits per heavy atom. The van der Waals surface area contributed by atoms with Gasteiger partial charge < -0.3 is 14.5 Å². The number of amides is 1. The van der Waals surface area contributed by atoms with Crippen molar-refractivity contribution in [3.8, 4) is 0 Å². The van der Waals surface area contributed by atoms with Crippen LogP contribution in [0.3, 0.4) is 0 Å². The SMILES string of the molecule is Cc1c(C(=O)OCC(=O)NCC(C)C)oc2c(Cl)cccc12. The molecule has 118 valence electrons. The number of hydrogen-bond acceptors (Lipinski definition) is 4. The highest BCUT2D eigenvalue weighted by Gasteiger charge is 2.21. The molecule has 2 aromatic rings. The summed E-state index contributed by atoms with van der Waals surface area (Å²) >= 11 is 6.04. The summed E-state index contributed by atoms with van der Waals surface area (Å²) < 4.78 is 10.5. The summed E-state index contributed by atoms with van der Waals surface area (Å²) in [6.07, 6.45) is 0. The first-order valence-electron chi connectivity index (χ1n) is 7.01. The molecular formula is C16H18ClNO4. The maximum atomic E-state index is 12.0. The van der Waals surface area contributed by atoms with Gasteiger partial charge in [0.15, 0.2) is 12.2 Å². The van der Waals surface area contributed by atoms with Gasteiger partial charge in [0.1, 0.15) is 0 Å². The summed E-state index contributed by atoms with van der Waals surface area (Å²) in [4.78, 5) is 23.6. The van der Waals surface area contributed by atoms with E-state index >= 15 is 0 Å². The van der Waals surface area contributed by atoms with Gasteiger partial charge in [0.05, 0.1) is 5.02 Å². The minimum Gasteiger partial charge on any atom is -0.450 e. The second-order valence-electron chi connectivity index (χ2n) is 5.45. The van der Waals surface area contributed by atoms with E-state index in [-0.39, 0.29) is 18.3 Å². The third-order valence-corrected chi connectivity index (χ3v) is 3.44. The van der Waals surface area contributed by atoms with E-state index in [0.29, 0.717) is 28.6 Å². The number of esters is 1. The van der Waals surface area contributed by atoms with Gasteiger partial charge in [-0.3, -0.25) is 4.79 Å². The first-order valence-corrected chi connectivity index (χ1v) is 7.39. The first kappa shape index (κ1) is 16.4. The number of para-hydroxylation sites is 1. The molecule has 0 saturated carbocycles. The van der Waals surface area contributed by atoms with Gasteiger partial charge in [-0.05, 0) is 18.9 Å². The van der Waals surface area contributed by atoms with Crippen LogP contribution in [0.4, 0.5) is 0 Å². The third-order valence-electron chi connectivity index (χ3n) is 3.14. The van der Waals surface area contributed by atoms with E-state index in [4.69, 9.17) is 20.8 Å². The molecule has 2 rings (SSSR count). The molecule has 0 fully saturated rings. The number of carbonyl (C=O) groups excluding carboxylic acids is 2. The molecule has 0 unspecified atom stereocenters. The van der Waals surface area contributed by atoms with E-state index in [1.807, 2.05) is 19.9 Å². The molecule has 1 aromatic carbocycles. The van der Waals surface area contributed by atoms with Gasteiger partial charge in [-0.2, -0.15) is 0 Å². The number of halogens is 1. The van der Waals surface area contributed by atoms with Crippen LogP contribution >= 0.6 is 11.6 Å². The summed E-state index contributed by atoms with van der Waals surface area (Å²) in [6.45, 7) is 5.91. The Hall–Kier alpha value is -2.01. The quantitative estimate of drug-likeness (QED) is 0.857. The molecule has 0 radical (unpaired) electrons. The Balaban J connectivity index is 2.06. The summed E-state index contributed by atoms with van der Waals surface area (Å²) in [5, 5.41) is 3.85. The van der Waals surface area contributed by atoms with Crippen LogP contribution in [0.25, 0.3) is 11.0 Å². The molecule has 22 heavy (non-hydrogen) atoms. The topological polar surface area (TPSA) is 68.5 Å². The number of benzene rings is 1. The molecule has 1 heterocycles. The van der Waals surface area contributed by atoms with Crippen molar-refractivity contribution in [2.24, 2.45) is 5.92 Å². The van der Waals surface area contributed by atoms with Crippen molar-refractivity contribution in [3.05, 3.63) is 34.5 Å². The van der Waals surface area contributed by atoms with E-state index in [2.05, 4.69) is 5.32 Å². The monoisotopic (exact) mass is 323 g/mol. The molecule has 1 amide bonds. The predicted molar refractivity (Wildman–Crippen MR) is 84.1 cm³/mol. The zero-order valence-electron chi connectivity index (χ0n) is 12.7. The summed E-state index contributed by atoms with van der Waals surface area (Å²) in [7, 11) is 0. The lowest BCUT2D eigenvalue weighted by molar-refractivity contribution is -0.124. The lowest BCUT2D eigenvalue weighted by atomic mass is 10.1. The van der Waals surface area contributed by atoms with Crippen LogP contribution in [0.15, 0.2) is 22.6 Å². The molecule has 0 saturated heterocycles. The lowest BCUT2D eigenvalue weighted by Crippen LogP contribution is -2.31. The van der Waals surface area contributed by atoms with Gasteiger partial charge in [-0.15, -0.1) is 0 Å². The second-order valence-corrected chi connectivity index (χ2v) is 5.85. The molecule has 5 nitrogen and oxygen atoms in total. The predicted octanol–water partition coefficient (Wildman–Crippen LogP) is 3.32. The van der Waals surface area contributed by atoms with E-state index in [9.17, 15) is 9.59 Å². The summed E-state index contributed by atoms with van der Waals surface area (Å²) in [5.41, 5.74) is 1.09. The van der Waals surface area contributed by atoms with Crippen molar-refractivity contribution in [1.82, 2.24) is 5.32 Å². The summed E-state index contributed by atoms with van der Waals surface area (Å²) in [6, 6.07) is 5.27. The number of rotatable bonds is 5. The first-order chi connectivity index (χ1) is 10.4. The van der Waals surface area contributed by atoms with Crippen LogP contribution in [-0.2, 0) is 9.53 Å². The van der Waals surface area contributed by atoms with Crippen molar-refractivity contribution in [2.75, 3.05) is 13.2 Å². The molecule has 0 aliphatic carbocycles. The number of carbonyl (C=O) groups is 2. The second kappa shape index (κ2) is 6.83. The average molecular weight is 324 g/mol. The van der Waals surface area contributed by atoms with Crippen LogP contribution in [-0.4, -0.2) is 25.0 Å². The molecule has 0 aliphatic heterocycles. The highest BCUT2D eigenvalue weighted by molar-refractivity contribution is 6.35. The lowest BCUT2D eigenvalue weighted by Gasteiger charge is -2.07. The van der Waals surface area contributed by atoms with Crippen molar-refractivity contribution in [1.29, 1.82) is 0 Å². The Bertz CT molecular complexity index is 705. The highest BCUT2D eigenvalue weighted by Crippen LogP contribution is 2.30. The molecule has 0 atom stereocenters. The zero-order valence-corrected chi connectivity index (χ0v) is 13.5. The number of fused-ring (bicyclic) bond motifs is 1. The maximum absolute atomic E-state index is 12.0. The highest BCUT2D eigenvalue weighted by atomic mass is 35.5. The standard InChI is InChI=1S/C16H18ClNO4/c1-9(2)7-18-13(19)8-21-16(20)14-10(3)11-5-4-6-12(17)15(11)22-14/h4-6,9H,7-8H2,1-3H3,(H,18,19). The van der Waals surface area contributed by atoms with E-state index in [1.54, 1.807) is 19.1 Å². The van der Waals surface area contributed by atoms with E-state index < -0.39 is 5.97 Å². The summed E-state index contributed by atoms with van der Waals surface area (Å²) in [5.74, 6) is -0.613. The fourth-order valence-electron chi connectivity index (χ4n) is 1.97.